The summed E-state index contributed by atoms with van der Waals surface area (Å²) in [6, 6.07) is 3.37. The van der Waals surface area contributed by atoms with Crippen molar-refractivity contribution in [1.29, 1.82) is 0 Å². The average Bonchev–Trinajstić information content (AvgIpc) is 2.57. The first kappa shape index (κ1) is 12.8. The Balaban J connectivity index is 2.68. The first-order chi connectivity index (χ1) is 8.40. The second-order valence-corrected chi connectivity index (χ2v) is 4.33. The molecule has 2 aromatic rings. The average molecular weight is 290 g/mol. The first-order valence-electron chi connectivity index (χ1n) is 4.76. The summed E-state index contributed by atoms with van der Waals surface area (Å²) in [7, 11) is 0. The predicted molar refractivity (Wildman–Crippen MR) is 64.9 cm³/mol. The number of nitro benzene ring substituents is 1. The summed E-state index contributed by atoms with van der Waals surface area (Å²) in [5.74, 6) is -0.740. The van der Waals surface area contributed by atoms with Gasteiger partial charge in [-0.05, 0) is 13.0 Å². The molecular formula is C10H6Cl2FN3O2. The van der Waals surface area contributed by atoms with Crippen LogP contribution in [0, 0.1) is 22.9 Å². The van der Waals surface area contributed by atoms with E-state index >= 15 is 0 Å². The van der Waals surface area contributed by atoms with E-state index in [4.69, 9.17) is 23.2 Å². The van der Waals surface area contributed by atoms with Crippen LogP contribution in [0.1, 0.15) is 5.69 Å². The number of hydrogen-bond donors (Lipinski definition) is 0. The largest absolute Gasteiger partial charge is 0.290 e. The normalized spacial score (nSPS) is 10.7. The van der Waals surface area contributed by atoms with Crippen LogP contribution in [0.4, 0.5) is 10.1 Å². The molecule has 0 radical (unpaired) electrons. The van der Waals surface area contributed by atoms with Gasteiger partial charge in [0.15, 0.2) is 5.82 Å². The minimum atomic E-state index is -0.740. The van der Waals surface area contributed by atoms with Gasteiger partial charge in [-0.2, -0.15) is 5.10 Å². The zero-order valence-corrected chi connectivity index (χ0v) is 10.5. The lowest BCUT2D eigenvalue weighted by Crippen LogP contribution is -2.02. The van der Waals surface area contributed by atoms with Gasteiger partial charge in [-0.1, -0.05) is 23.2 Å². The minimum absolute atomic E-state index is 0.121. The predicted octanol–water partition coefficient (Wildman–Crippen LogP) is 3.53. The van der Waals surface area contributed by atoms with Gasteiger partial charge in [-0.3, -0.25) is 10.1 Å². The van der Waals surface area contributed by atoms with Gasteiger partial charge >= 0.3 is 0 Å². The molecule has 0 spiro atoms. The highest BCUT2D eigenvalue weighted by Crippen LogP contribution is 2.30. The zero-order chi connectivity index (χ0) is 13.4. The van der Waals surface area contributed by atoms with Crippen LogP contribution in [-0.2, 0) is 0 Å². The fraction of sp³-hybridized carbons (Fsp3) is 0.100. The molecule has 1 heterocycles. The summed E-state index contributed by atoms with van der Waals surface area (Å²) >= 11 is 11.4. The molecule has 0 atom stereocenters. The van der Waals surface area contributed by atoms with Crippen LogP contribution >= 0.6 is 23.2 Å². The van der Waals surface area contributed by atoms with Crippen LogP contribution in [0.2, 0.25) is 10.2 Å². The third-order valence-corrected chi connectivity index (χ3v) is 2.80. The Morgan fingerprint density at radius 2 is 2.06 bits per heavy atom. The molecule has 5 nitrogen and oxygen atoms in total. The molecule has 1 aromatic carbocycles. The third-order valence-electron chi connectivity index (χ3n) is 2.23. The maximum absolute atomic E-state index is 13.7. The van der Waals surface area contributed by atoms with E-state index in [0.29, 0.717) is 5.69 Å². The number of benzene rings is 1. The molecule has 0 amide bonds. The van der Waals surface area contributed by atoms with Crippen LogP contribution in [0.5, 0.6) is 0 Å². The second-order valence-electron chi connectivity index (χ2n) is 3.53. The van der Waals surface area contributed by atoms with Crippen molar-refractivity contribution < 1.29 is 9.31 Å². The molecule has 8 heteroatoms. The lowest BCUT2D eigenvalue weighted by Gasteiger charge is -2.05. The molecule has 0 saturated heterocycles. The summed E-state index contributed by atoms with van der Waals surface area (Å²) in [5, 5.41) is 14.6. The summed E-state index contributed by atoms with van der Waals surface area (Å²) < 4.78 is 14.8. The standard InChI is InChI=1S/C10H6Cl2FN3O2/c1-5-2-10(12)15(14-5)9-4-8(16(17)18)6(11)3-7(9)13/h2-4H,1H3. The van der Waals surface area contributed by atoms with Crippen LogP contribution in [-0.4, -0.2) is 14.7 Å². The highest BCUT2D eigenvalue weighted by molar-refractivity contribution is 6.32. The Bertz CT molecular complexity index is 642. The molecule has 0 saturated carbocycles. The molecule has 0 aliphatic rings. The molecule has 94 valence electrons. The Hall–Kier alpha value is -1.66. The molecule has 0 aliphatic carbocycles. The van der Waals surface area contributed by atoms with Gasteiger partial charge in [0.1, 0.15) is 15.9 Å². The Morgan fingerprint density at radius 3 is 2.56 bits per heavy atom. The number of aryl methyl sites for hydroxylation is 1. The quantitative estimate of drug-likeness (QED) is 0.627. The SMILES string of the molecule is Cc1cc(Cl)n(-c2cc([N+](=O)[O-])c(Cl)cc2F)n1. The lowest BCUT2D eigenvalue weighted by molar-refractivity contribution is -0.384. The molecular weight excluding hydrogens is 284 g/mol. The van der Waals surface area contributed by atoms with Crippen molar-refractivity contribution >= 4 is 28.9 Å². The molecule has 0 unspecified atom stereocenters. The zero-order valence-electron chi connectivity index (χ0n) is 9.02. The van der Waals surface area contributed by atoms with Crippen molar-refractivity contribution in [2.45, 2.75) is 6.92 Å². The highest BCUT2D eigenvalue weighted by Gasteiger charge is 2.19. The van der Waals surface area contributed by atoms with Gasteiger partial charge < -0.3 is 0 Å². The third kappa shape index (κ3) is 2.16. The van der Waals surface area contributed by atoms with Gasteiger partial charge in [0.25, 0.3) is 5.69 Å². The molecule has 2 rings (SSSR count). The fourth-order valence-electron chi connectivity index (χ4n) is 1.47. The van der Waals surface area contributed by atoms with Crippen molar-refractivity contribution in [1.82, 2.24) is 9.78 Å². The van der Waals surface area contributed by atoms with Crippen molar-refractivity contribution in [2.75, 3.05) is 0 Å². The van der Waals surface area contributed by atoms with Gasteiger partial charge in [0, 0.05) is 12.1 Å². The van der Waals surface area contributed by atoms with E-state index in [2.05, 4.69) is 5.10 Å². The van der Waals surface area contributed by atoms with E-state index in [-0.39, 0.29) is 15.9 Å². The van der Waals surface area contributed by atoms with E-state index in [0.717, 1.165) is 16.8 Å². The number of nitrogens with zero attached hydrogens (tertiary/aromatic N) is 3. The van der Waals surface area contributed by atoms with Gasteiger partial charge in [-0.15, -0.1) is 0 Å². The summed E-state index contributed by atoms with van der Waals surface area (Å²) in [6.07, 6.45) is 0. The van der Waals surface area contributed by atoms with Crippen LogP contribution < -0.4 is 0 Å². The van der Waals surface area contributed by atoms with E-state index in [1.807, 2.05) is 0 Å². The smallest absolute Gasteiger partial charge is 0.258 e. The Labute approximate surface area is 111 Å². The number of hydrogen-bond acceptors (Lipinski definition) is 3. The maximum Gasteiger partial charge on any atom is 0.290 e. The van der Waals surface area contributed by atoms with E-state index in [9.17, 15) is 14.5 Å². The van der Waals surface area contributed by atoms with Crippen molar-refractivity contribution in [3.8, 4) is 5.69 Å². The summed E-state index contributed by atoms with van der Waals surface area (Å²) in [6.45, 7) is 1.67. The topological polar surface area (TPSA) is 61.0 Å². The van der Waals surface area contributed by atoms with Gasteiger partial charge in [-0.25, -0.2) is 9.07 Å². The number of aromatic nitrogens is 2. The number of nitro groups is 1. The molecule has 0 fully saturated rings. The first-order valence-corrected chi connectivity index (χ1v) is 5.51. The van der Waals surface area contributed by atoms with Gasteiger partial charge in [0.2, 0.25) is 0 Å². The fourth-order valence-corrected chi connectivity index (χ4v) is 1.97. The Kier molecular flexibility index (Phi) is 3.23. The van der Waals surface area contributed by atoms with Crippen LogP contribution in [0.15, 0.2) is 18.2 Å². The maximum atomic E-state index is 13.7. The summed E-state index contributed by atoms with van der Waals surface area (Å²) in [4.78, 5) is 10.0. The second kappa shape index (κ2) is 4.55. The lowest BCUT2D eigenvalue weighted by atomic mass is 10.2. The van der Waals surface area contributed by atoms with Crippen molar-refractivity contribution in [2.24, 2.45) is 0 Å². The number of halogens is 3. The summed E-state index contributed by atoms with van der Waals surface area (Å²) in [5.41, 5.74) is 0.0403. The minimum Gasteiger partial charge on any atom is -0.258 e. The monoisotopic (exact) mass is 289 g/mol. The van der Waals surface area contributed by atoms with E-state index < -0.39 is 16.4 Å². The van der Waals surface area contributed by atoms with Crippen molar-refractivity contribution in [3.63, 3.8) is 0 Å². The van der Waals surface area contributed by atoms with Crippen LogP contribution in [0.3, 0.4) is 0 Å². The molecule has 1 aromatic heterocycles. The molecule has 0 bridgehead atoms. The highest BCUT2D eigenvalue weighted by atomic mass is 35.5. The van der Waals surface area contributed by atoms with Crippen molar-refractivity contribution in [3.05, 3.63) is 50.0 Å². The molecule has 0 aliphatic heterocycles. The molecule has 18 heavy (non-hydrogen) atoms. The van der Waals surface area contributed by atoms with Gasteiger partial charge in [0.05, 0.1) is 10.6 Å². The van der Waals surface area contributed by atoms with Crippen LogP contribution in [0.25, 0.3) is 5.69 Å². The van der Waals surface area contributed by atoms with E-state index in [1.165, 1.54) is 6.07 Å². The number of rotatable bonds is 2. The van der Waals surface area contributed by atoms with E-state index in [1.54, 1.807) is 6.92 Å². The molecule has 0 N–H and O–H groups in total. The Morgan fingerprint density at radius 1 is 1.39 bits per heavy atom.